The van der Waals surface area contributed by atoms with E-state index in [1.807, 2.05) is 4.72 Å². The molecule has 8 nitrogen and oxygen atoms in total. The maximum atomic E-state index is 12.2. The number of aliphatic carboxylic acids is 2. The van der Waals surface area contributed by atoms with Crippen molar-refractivity contribution in [2.24, 2.45) is 0 Å². The lowest BCUT2D eigenvalue weighted by Gasteiger charge is -2.15. The van der Waals surface area contributed by atoms with E-state index in [9.17, 15) is 18.0 Å². The molecule has 0 radical (unpaired) electrons. The summed E-state index contributed by atoms with van der Waals surface area (Å²) in [6.07, 6.45) is -0.829. The van der Waals surface area contributed by atoms with Crippen LogP contribution in [0.2, 0.25) is 0 Å². The summed E-state index contributed by atoms with van der Waals surface area (Å²) >= 11 is 0. The Balaban J connectivity index is 3.00. The van der Waals surface area contributed by atoms with Crippen LogP contribution in [-0.2, 0) is 19.6 Å². The van der Waals surface area contributed by atoms with Gasteiger partial charge in [0.15, 0.2) is 0 Å². The fourth-order valence-electron chi connectivity index (χ4n) is 1.59. The van der Waals surface area contributed by atoms with Crippen molar-refractivity contribution in [3.8, 4) is 5.75 Å². The second-order valence-corrected chi connectivity index (χ2v) is 5.78. The lowest BCUT2D eigenvalue weighted by Crippen LogP contribution is -2.41. The molecule has 0 aliphatic carbocycles. The number of carbonyl (C=O) groups is 2. The number of hydrogen-bond donors (Lipinski definition) is 3. The van der Waals surface area contributed by atoms with Gasteiger partial charge in [-0.1, -0.05) is 12.1 Å². The van der Waals surface area contributed by atoms with Crippen molar-refractivity contribution in [3.05, 3.63) is 24.3 Å². The van der Waals surface area contributed by atoms with Crippen LogP contribution >= 0.6 is 0 Å². The Bertz CT molecular complexity index is 626. The molecule has 0 aliphatic rings. The number of carboxylic acid groups (broad SMARTS) is 2. The normalized spacial score (nSPS) is 12.6. The molecule has 0 aromatic heterocycles. The summed E-state index contributed by atoms with van der Waals surface area (Å²) in [5.74, 6) is -2.60. The highest BCUT2D eigenvalue weighted by molar-refractivity contribution is 7.89. The third-order valence-electron chi connectivity index (χ3n) is 2.60. The quantitative estimate of drug-likeness (QED) is 0.628. The number of sulfonamides is 1. The summed E-state index contributed by atoms with van der Waals surface area (Å²) in [6, 6.07) is 4.18. The van der Waals surface area contributed by atoms with Crippen LogP contribution in [0, 0.1) is 0 Å². The molecule has 1 atom stereocenters. The fraction of sp³-hybridized carbons (Fsp3) is 0.333. The van der Waals surface area contributed by atoms with Crippen LogP contribution < -0.4 is 9.46 Å². The van der Waals surface area contributed by atoms with Crippen LogP contribution in [0.4, 0.5) is 0 Å². The van der Waals surface area contributed by atoms with Gasteiger partial charge in [0.25, 0.3) is 0 Å². The van der Waals surface area contributed by atoms with E-state index in [1.54, 1.807) is 6.07 Å². The summed E-state index contributed by atoms with van der Waals surface area (Å²) in [5.41, 5.74) is 0. The third-order valence-corrected chi connectivity index (χ3v) is 4.11. The maximum Gasteiger partial charge on any atom is 0.321 e. The zero-order valence-corrected chi connectivity index (χ0v) is 12.0. The summed E-state index contributed by atoms with van der Waals surface area (Å²) in [5, 5.41) is 17.5. The molecule has 0 unspecified atom stereocenters. The molecule has 21 heavy (non-hydrogen) atoms. The van der Waals surface area contributed by atoms with Gasteiger partial charge in [-0.2, -0.15) is 4.72 Å². The first-order chi connectivity index (χ1) is 9.77. The van der Waals surface area contributed by atoms with Crippen molar-refractivity contribution < 1.29 is 33.0 Å². The molecule has 0 spiro atoms. The average molecular weight is 317 g/mol. The molecule has 1 aromatic carbocycles. The molecular weight excluding hydrogens is 302 g/mol. The standard InChI is InChI=1S/C12H15NO7S/c1-20-9-4-2-3-5-10(9)21(18,19)13-8(12(16)17)6-7-11(14)15/h2-5,8,13H,6-7H2,1H3,(H,14,15)(H,16,17)/t8-/m0/s1. The molecule has 116 valence electrons. The molecule has 0 saturated carbocycles. The Kier molecular flexibility index (Phi) is 5.68. The maximum absolute atomic E-state index is 12.2. The molecule has 0 bridgehead atoms. The van der Waals surface area contributed by atoms with E-state index in [2.05, 4.69) is 0 Å². The van der Waals surface area contributed by atoms with Crippen molar-refractivity contribution >= 4 is 22.0 Å². The number of benzene rings is 1. The van der Waals surface area contributed by atoms with E-state index < -0.39 is 34.4 Å². The molecule has 0 amide bonds. The minimum absolute atomic E-state index is 0.0624. The number of methoxy groups -OCH3 is 1. The van der Waals surface area contributed by atoms with Gasteiger partial charge in [-0.25, -0.2) is 8.42 Å². The van der Waals surface area contributed by atoms with Crippen molar-refractivity contribution in [1.29, 1.82) is 0 Å². The second kappa shape index (κ2) is 7.04. The predicted molar refractivity (Wildman–Crippen MR) is 71.6 cm³/mol. The van der Waals surface area contributed by atoms with Gasteiger partial charge in [-0.3, -0.25) is 9.59 Å². The van der Waals surface area contributed by atoms with Gasteiger partial charge >= 0.3 is 11.9 Å². The molecule has 3 N–H and O–H groups in total. The highest BCUT2D eigenvalue weighted by atomic mass is 32.2. The summed E-state index contributed by atoms with van der Waals surface area (Å²) in [6.45, 7) is 0. The Morgan fingerprint density at radius 3 is 2.43 bits per heavy atom. The van der Waals surface area contributed by atoms with E-state index in [4.69, 9.17) is 14.9 Å². The van der Waals surface area contributed by atoms with Gasteiger partial charge in [-0.05, 0) is 18.6 Å². The van der Waals surface area contributed by atoms with Gasteiger partial charge in [0.2, 0.25) is 10.0 Å². The monoisotopic (exact) mass is 317 g/mol. The van der Waals surface area contributed by atoms with Gasteiger partial charge in [0, 0.05) is 6.42 Å². The van der Waals surface area contributed by atoms with Crippen molar-refractivity contribution in [2.75, 3.05) is 7.11 Å². The number of rotatable bonds is 8. The van der Waals surface area contributed by atoms with Crippen LogP contribution in [0.3, 0.4) is 0 Å². The zero-order valence-electron chi connectivity index (χ0n) is 11.1. The largest absolute Gasteiger partial charge is 0.495 e. The van der Waals surface area contributed by atoms with E-state index in [1.165, 1.54) is 25.3 Å². The smallest absolute Gasteiger partial charge is 0.321 e. The number of carboxylic acids is 2. The highest BCUT2D eigenvalue weighted by Crippen LogP contribution is 2.23. The number of hydrogen-bond acceptors (Lipinski definition) is 5. The molecular formula is C12H15NO7S. The Morgan fingerprint density at radius 2 is 1.90 bits per heavy atom. The Hall–Kier alpha value is -2.13. The predicted octanol–water partition coefficient (Wildman–Crippen LogP) is 0.291. The first-order valence-electron chi connectivity index (χ1n) is 5.88. The molecule has 0 aliphatic heterocycles. The Morgan fingerprint density at radius 1 is 1.29 bits per heavy atom. The first-order valence-corrected chi connectivity index (χ1v) is 7.36. The zero-order chi connectivity index (χ0) is 16.0. The highest BCUT2D eigenvalue weighted by Gasteiger charge is 2.27. The van der Waals surface area contributed by atoms with E-state index in [0.29, 0.717) is 0 Å². The Labute approximate surface area is 121 Å². The topological polar surface area (TPSA) is 130 Å². The molecule has 0 fully saturated rings. The molecule has 9 heteroatoms. The second-order valence-electron chi connectivity index (χ2n) is 4.10. The lowest BCUT2D eigenvalue weighted by molar-refractivity contribution is -0.140. The van der Waals surface area contributed by atoms with E-state index >= 15 is 0 Å². The van der Waals surface area contributed by atoms with Crippen molar-refractivity contribution in [3.63, 3.8) is 0 Å². The number of nitrogens with one attached hydrogen (secondary N) is 1. The summed E-state index contributed by atoms with van der Waals surface area (Å²) in [7, 11) is -2.86. The van der Waals surface area contributed by atoms with Crippen LogP contribution in [0.5, 0.6) is 5.75 Å². The fourth-order valence-corrected chi connectivity index (χ4v) is 2.99. The average Bonchev–Trinajstić information content (AvgIpc) is 2.42. The van der Waals surface area contributed by atoms with Crippen LogP contribution in [0.25, 0.3) is 0 Å². The van der Waals surface area contributed by atoms with E-state index in [0.717, 1.165) is 0 Å². The minimum atomic E-state index is -4.14. The summed E-state index contributed by atoms with van der Waals surface area (Å²) < 4.78 is 31.2. The van der Waals surface area contributed by atoms with Crippen LogP contribution in [0.15, 0.2) is 29.2 Å². The molecule has 0 saturated heterocycles. The number of ether oxygens (including phenoxy) is 1. The molecule has 0 heterocycles. The van der Waals surface area contributed by atoms with Gasteiger partial charge in [-0.15, -0.1) is 0 Å². The SMILES string of the molecule is COc1ccccc1S(=O)(=O)N[C@@H](CCC(=O)O)C(=O)O. The molecule has 1 rings (SSSR count). The van der Waals surface area contributed by atoms with Gasteiger partial charge in [0.1, 0.15) is 16.7 Å². The summed E-state index contributed by atoms with van der Waals surface area (Å²) in [4.78, 5) is 21.3. The third kappa shape index (κ3) is 4.72. The minimum Gasteiger partial charge on any atom is -0.495 e. The van der Waals surface area contributed by atoms with E-state index in [-0.39, 0.29) is 17.1 Å². The van der Waals surface area contributed by atoms with Gasteiger partial charge < -0.3 is 14.9 Å². The first kappa shape index (κ1) is 16.9. The van der Waals surface area contributed by atoms with Crippen molar-refractivity contribution in [1.82, 2.24) is 4.72 Å². The van der Waals surface area contributed by atoms with Gasteiger partial charge in [0.05, 0.1) is 7.11 Å². The number of para-hydroxylation sites is 1. The molecule has 1 aromatic rings. The lowest BCUT2D eigenvalue weighted by atomic mass is 10.2. The van der Waals surface area contributed by atoms with Crippen molar-refractivity contribution in [2.45, 2.75) is 23.8 Å². The van der Waals surface area contributed by atoms with Crippen LogP contribution in [-0.4, -0.2) is 43.7 Å². The van der Waals surface area contributed by atoms with Crippen LogP contribution in [0.1, 0.15) is 12.8 Å².